The van der Waals surface area contributed by atoms with Crippen LogP contribution in [0.4, 0.5) is 17.2 Å². The van der Waals surface area contributed by atoms with E-state index in [0.717, 1.165) is 92.3 Å². The molecule has 1 saturated heterocycles. The molecule has 63 heavy (non-hydrogen) atoms. The highest BCUT2D eigenvalue weighted by atomic mass is 16.7. The number of H-pyrrole nitrogens is 1. The lowest BCUT2D eigenvalue weighted by atomic mass is 9.92. The molecule has 3 aliphatic heterocycles. The summed E-state index contributed by atoms with van der Waals surface area (Å²) >= 11 is 0. The summed E-state index contributed by atoms with van der Waals surface area (Å²) in [5.41, 5.74) is 8.08. The number of anilines is 1. The number of benzene rings is 4. The Balaban J connectivity index is 0.786. The summed E-state index contributed by atoms with van der Waals surface area (Å²) in [6.45, 7) is 5.53. The first-order chi connectivity index (χ1) is 30.8. The normalized spacial score (nSPS) is 16.5. The van der Waals surface area contributed by atoms with Gasteiger partial charge in [0.05, 0.1) is 54.3 Å². The van der Waals surface area contributed by atoms with Gasteiger partial charge in [-0.05, 0) is 89.0 Å². The Bertz CT molecular complexity index is 2940. The predicted octanol–water partition coefficient (Wildman–Crippen LogP) is 7.88. The number of methoxy groups -OCH3 is 1. The molecule has 2 atom stereocenters. The Morgan fingerprint density at radius 2 is 1.76 bits per heavy atom. The predicted molar refractivity (Wildman–Crippen MR) is 236 cm³/mol. The van der Waals surface area contributed by atoms with Gasteiger partial charge >= 0.3 is 0 Å². The minimum atomic E-state index is -0.113. The first-order valence-corrected chi connectivity index (χ1v) is 21.3. The van der Waals surface area contributed by atoms with Crippen molar-refractivity contribution in [2.75, 3.05) is 38.9 Å². The van der Waals surface area contributed by atoms with Gasteiger partial charge in [-0.25, -0.2) is 4.57 Å². The fourth-order valence-electron chi connectivity index (χ4n) is 9.05. The number of carbonyl (C=O) groups is 1. The number of rotatable bonds is 11. The summed E-state index contributed by atoms with van der Waals surface area (Å²) in [6, 6.07) is 30.5. The molecule has 1 fully saturated rings. The second kappa shape index (κ2) is 16.7. The maximum Gasteiger partial charge on any atom is 0.238 e. The van der Waals surface area contributed by atoms with E-state index in [1.165, 1.54) is 5.56 Å². The largest absolute Gasteiger partial charge is 0.493 e. The Labute approximate surface area is 364 Å². The van der Waals surface area contributed by atoms with Crippen LogP contribution in [0.5, 0.6) is 23.0 Å². The van der Waals surface area contributed by atoms with Crippen LogP contribution in [0.25, 0.3) is 33.1 Å². The van der Waals surface area contributed by atoms with Gasteiger partial charge < -0.3 is 28.7 Å². The number of likely N-dealkylation sites (N-methyl/N-ethyl adjacent to an activating group) is 1. The van der Waals surface area contributed by atoms with Crippen LogP contribution < -0.4 is 33.0 Å². The average Bonchev–Trinajstić information content (AvgIpc) is 4.00. The molecule has 3 aromatic heterocycles. The Morgan fingerprint density at radius 1 is 1.00 bits per heavy atom. The molecule has 14 heteroatoms. The molecule has 1 amide bonds. The van der Waals surface area contributed by atoms with Gasteiger partial charge in [-0.1, -0.05) is 36.2 Å². The Kier molecular flexibility index (Phi) is 10.5. The Morgan fingerprint density at radius 3 is 2.52 bits per heavy atom. The first kappa shape index (κ1) is 39.6. The Hall–Kier alpha value is -7.53. The van der Waals surface area contributed by atoms with E-state index in [1.807, 2.05) is 79.1 Å². The summed E-state index contributed by atoms with van der Waals surface area (Å²) in [4.78, 5) is 24.8. The first-order valence-electron chi connectivity index (χ1n) is 21.3. The molecule has 0 saturated carbocycles. The van der Waals surface area contributed by atoms with E-state index in [4.69, 9.17) is 29.2 Å². The standard InChI is InChI=1S/C49H46N9O5/c1-31-16-20-57(46(59)14-18-50)27-42(31)55(2)48-38-15-19-51-49(38)58(29-52-48)25-32-4-9-36(10-5-32)53-54-37-11-6-33(7-12-37)28-61-47-40-26-56-21-17-35-23-44-45(63-30-62-44)24-39(35)41(56)22-34(40)8-13-43(47)60-3/h4-13,15,19,22-24,26,29,31,42H,14,16-17,20-21,25,27-28,30H2,1-3H3/q+1/p+1/b54-53+/t31-,42+/m1/s1. The quantitative estimate of drug-likeness (QED) is 0.102. The number of nitriles is 1. The van der Waals surface area contributed by atoms with Crippen molar-refractivity contribution in [1.29, 1.82) is 5.26 Å². The van der Waals surface area contributed by atoms with Crippen LogP contribution >= 0.6 is 0 Å². The monoisotopic (exact) mass is 841 g/mol. The van der Waals surface area contributed by atoms with Gasteiger partial charge in [-0.3, -0.25) is 9.78 Å². The van der Waals surface area contributed by atoms with E-state index < -0.39 is 0 Å². The van der Waals surface area contributed by atoms with E-state index in [0.29, 0.717) is 43.7 Å². The molecule has 0 aliphatic carbocycles. The third-order valence-corrected chi connectivity index (χ3v) is 12.6. The molecule has 3 aliphatic rings. The number of likely N-dealkylation sites (tertiary alicyclic amines) is 1. The molecule has 0 spiro atoms. The van der Waals surface area contributed by atoms with Crippen LogP contribution in [-0.4, -0.2) is 60.9 Å². The third kappa shape index (κ3) is 7.71. The molecule has 10 rings (SSSR count). The van der Waals surface area contributed by atoms with E-state index in [2.05, 4.69) is 78.8 Å². The van der Waals surface area contributed by atoms with Crippen molar-refractivity contribution in [1.82, 2.24) is 14.9 Å². The zero-order valence-corrected chi connectivity index (χ0v) is 35.5. The fourth-order valence-corrected chi connectivity index (χ4v) is 9.05. The van der Waals surface area contributed by atoms with Crippen molar-refractivity contribution in [3.8, 4) is 40.3 Å². The molecule has 6 heterocycles. The number of hydrogen-bond donors (Lipinski definition) is 1. The van der Waals surface area contributed by atoms with Gasteiger partial charge in [0.1, 0.15) is 18.4 Å². The number of aromatic amines is 1. The number of azo groups is 1. The number of aromatic nitrogens is 4. The highest BCUT2D eigenvalue weighted by molar-refractivity contribution is 5.92. The van der Waals surface area contributed by atoms with Crippen LogP contribution in [0.3, 0.4) is 0 Å². The van der Waals surface area contributed by atoms with Gasteiger partial charge in [-0.2, -0.15) is 20.1 Å². The highest BCUT2D eigenvalue weighted by Gasteiger charge is 2.34. The lowest BCUT2D eigenvalue weighted by Gasteiger charge is -2.41. The molecule has 0 radical (unpaired) electrons. The minimum Gasteiger partial charge on any atom is -0.493 e. The summed E-state index contributed by atoms with van der Waals surface area (Å²) < 4.78 is 28.0. The number of amides is 1. The molecule has 4 aromatic carbocycles. The van der Waals surface area contributed by atoms with Crippen LogP contribution in [0.15, 0.2) is 114 Å². The van der Waals surface area contributed by atoms with E-state index in [-0.39, 0.29) is 25.2 Å². The lowest BCUT2D eigenvalue weighted by molar-refractivity contribution is -0.686. The number of aryl methyl sites for hydroxylation is 2. The maximum absolute atomic E-state index is 12.5. The van der Waals surface area contributed by atoms with Crippen LogP contribution in [0.2, 0.25) is 0 Å². The molecule has 0 unspecified atom stereocenters. The van der Waals surface area contributed by atoms with E-state index in [1.54, 1.807) is 7.11 Å². The summed E-state index contributed by atoms with van der Waals surface area (Å²) in [7, 11) is 3.71. The van der Waals surface area contributed by atoms with Crippen LogP contribution in [0, 0.1) is 17.2 Å². The van der Waals surface area contributed by atoms with Gasteiger partial charge in [0.2, 0.25) is 36.2 Å². The van der Waals surface area contributed by atoms with Crippen molar-refractivity contribution >= 4 is 44.9 Å². The van der Waals surface area contributed by atoms with Gasteiger partial charge in [-0.15, -0.1) is 0 Å². The SMILES string of the molecule is COc1ccc2cc3[n+](cc2c1OCc1ccc(/N=N/c2ccc(C[n+]4cnc(N(C)[C@H]5CN(C(=O)CC#N)CC[C@H]5C)c5cc[nH]c54)cc2)cc1)CCc1cc2c(cc1-3)OCO2. The number of nitrogens with zero attached hydrogens (tertiary/aromatic N) is 8. The number of pyridine rings is 1. The molecular formula is C49H47N9O5+2. The van der Waals surface area contributed by atoms with Crippen LogP contribution in [0.1, 0.15) is 36.5 Å². The molecular weight excluding hydrogens is 795 g/mol. The molecule has 0 bridgehead atoms. The molecule has 14 nitrogen and oxygen atoms in total. The summed E-state index contributed by atoms with van der Waals surface area (Å²) in [5.74, 6) is 4.09. The minimum absolute atomic E-state index is 0.0850. The summed E-state index contributed by atoms with van der Waals surface area (Å²) in [6.07, 6.45) is 7.64. The van der Waals surface area contributed by atoms with Crippen molar-refractivity contribution in [3.63, 3.8) is 0 Å². The molecule has 1 N–H and O–H groups in total. The van der Waals surface area contributed by atoms with Crippen molar-refractivity contribution in [3.05, 3.63) is 120 Å². The second-order valence-corrected chi connectivity index (χ2v) is 16.4. The highest BCUT2D eigenvalue weighted by Crippen LogP contribution is 2.42. The average molecular weight is 842 g/mol. The lowest BCUT2D eigenvalue weighted by Crippen LogP contribution is -2.53. The molecule has 7 aromatic rings. The smallest absolute Gasteiger partial charge is 0.238 e. The van der Waals surface area contributed by atoms with Gasteiger partial charge in [0, 0.05) is 32.6 Å². The van der Waals surface area contributed by atoms with Crippen molar-refractivity contribution in [2.24, 2.45) is 16.1 Å². The second-order valence-electron chi connectivity index (χ2n) is 16.4. The number of piperidine rings is 1. The number of fused-ring (bicyclic) bond motifs is 6. The number of carbonyl (C=O) groups excluding carboxylic acids is 1. The number of nitrogens with one attached hydrogen (secondary N) is 1. The number of hydrogen-bond acceptors (Lipinski definition) is 10. The zero-order chi connectivity index (χ0) is 43.0. The van der Waals surface area contributed by atoms with Crippen LogP contribution in [-0.2, 0) is 30.9 Å². The molecule has 316 valence electrons. The van der Waals surface area contributed by atoms with E-state index >= 15 is 0 Å². The maximum atomic E-state index is 12.5. The fraction of sp³-hybridized carbons (Fsp3) is 0.286. The third-order valence-electron chi connectivity index (χ3n) is 12.6. The summed E-state index contributed by atoms with van der Waals surface area (Å²) in [5, 5.41) is 21.1. The number of ether oxygens (including phenoxy) is 4. The van der Waals surface area contributed by atoms with Gasteiger partial charge in [0.15, 0.2) is 35.7 Å². The zero-order valence-electron chi connectivity index (χ0n) is 35.5. The van der Waals surface area contributed by atoms with Crippen molar-refractivity contribution in [2.45, 2.75) is 51.9 Å². The van der Waals surface area contributed by atoms with Gasteiger partial charge in [0.25, 0.3) is 0 Å². The van der Waals surface area contributed by atoms with Crippen molar-refractivity contribution < 1.29 is 32.9 Å². The topological polar surface area (TPSA) is 145 Å². The van der Waals surface area contributed by atoms with E-state index in [9.17, 15) is 4.79 Å².